The van der Waals surface area contributed by atoms with E-state index in [1.165, 1.54) is 38.5 Å². The molecule has 0 radical (unpaired) electrons. The van der Waals surface area contributed by atoms with Crippen LogP contribution >= 0.6 is 0 Å². The highest BCUT2D eigenvalue weighted by Gasteiger charge is 2.33. The van der Waals surface area contributed by atoms with Crippen LogP contribution in [0.5, 0.6) is 0 Å². The van der Waals surface area contributed by atoms with E-state index in [9.17, 15) is 4.79 Å². The lowest BCUT2D eigenvalue weighted by molar-refractivity contribution is -0.132. The fourth-order valence-corrected chi connectivity index (χ4v) is 2.96. The Morgan fingerprint density at radius 2 is 1.89 bits per heavy atom. The van der Waals surface area contributed by atoms with Crippen LogP contribution in [0.4, 0.5) is 0 Å². The number of nitrogens with two attached hydrogens (primary N) is 1. The van der Waals surface area contributed by atoms with Crippen molar-refractivity contribution in [2.75, 3.05) is 33.2 Å². The van der Waals surface area contributed by atoms with Gasteiger partial charge in [0.1, 0.15) is 0 Å². The first-order valence-corrected chi connectivity index (χ1v) is 7.40. The van der Waals surface area contributed by atoms with Crippen molar-refractivity contribution in [1.82, 2.24) is 9.80 Å². The summed E-state index contributed by atoms with van der Waals surface area (Å²) in [4.78, 5) is 16.5. The van der Waals surface area contributed by atoms with Crippen molar-refractivity contribution in [3.63, 3.8) is 0 Å². The van der Waals surface area contributed by atoms with E-state index in [0.717, 1.165) is 19.0 Å². The minimum Gasteiger partial charge on any atom is -0.342 e. The Labute approximate surface area is 110 Å². The molecule has 1 aliphatic heterocycles. The van der Waals surface area contributed by atoms with Crippen molar-refractivity contribution in [3.05, 3.63) is 0 Å². The van der Waals surface area contributed by atoms with E-state index < -0.39 is 0 Å². The molecule has 1 heterocycles. The van der Waals surface area contributed by atoms with Gasteiger partial charge >= 0.3 is 0 Å². The maximum absolute atomic E-state index is 12.3. The van der Waals surface area contributed by atoms with Crippen LogP contribution in [0.25, 0.3) is 0 Å². The number of hydrogen-bond acceptors (Lipinski definition) is 3. The lowest BCUT2D eigenvalue weighted by atomic mass is 10.1. The van der Waals surface area contributed by atoms with E-state index >= 15 is 0 Å². The van der Waals surface area contributed by atoms with Gasteiger partial charge in [0.05, 0.1) is 6.54 Å². The Kier molecular flexibility index (Phi) is 5.01. The first-order valence-electron chi connectivity index (χ1n) is 7.40. The summed E-state index contributed by atoms with van der Waals surface area (Å²) in [5, 5.41) is 0. The zero-order chi connectivity index (χ0) is 13.0. The standard InChI is InChI=1S/C14H27N3O/c1-16(13(10-15)12-6-7-12)11-14(18)17-8-4-2-3-5-9-17/h12-13H,2-11,15H2,1H3. The average molecular weight is 253 g/mol. The number of likely N-dealkylation sites (tertiary alicyclic amines) is 1. The fraction of sp³-hybridized carbons (Fsp3) is 0.929. The predicted octanol–water partition coefficient (Wildman–Crippen LogP) is 1.06. The van der Waals surface area contributed by atoms with Gasteiger partial charge in [0, 0.05) is 25.7 Å². The highest BCUT2D eigenvalue weighted by molar-refractivity contribution is 5.78. The molecule has 0 bridgehead atoms. The third-order valence-corrected chi connectivity index (χ3v) is 4.32. The van der Waals surface area contributed by atoms with Gasteiger partial charge < -0.3 is 10.6 Å². The monoisotopic (exact) mass is 253 g/mol. The molecule has 0 aromatic heterocycles. The summed E-state index contributed by atoms with van der Waals surface area (Å²) in [6.45, 7) is 3.11. The molecule has 4 nitrogen and oxygen atoms in total. The lowest BCUT2D eigenvalue weighted by Crippen LogP contribution is -2.46. The van der Waals surface area contributed by atoms with Gasteiger partial charge in [0.2, 0.25) is 5.91 Å². The highest BCUT2D eigenvalue weighted by atomic mass is 16.2. The molecule has 1 unspecified atom stereocenters. The Bertz CT molecular complexity index is 270. The summed E-state index contributed by atoms with van der Waals surface area (Å²) in [6.07, 6.45) is 7.44. The molecular weight excluding hydrogens is 226 g/mol. The molecule has 0 aromatic rings. The van der Waals surface area contributed by atoms with Crippen molar-refractivity contribution in [3.8, 4) is 0 Å². The molecule has 1 saturated carbocycles. The Morgan fingerprint density at radius 3 is 2.39 bits per heavy atom. The van der Waals surface area contributed by atoms with Crippen LogP contribution < -0.4 is 5.73 Å². The molecule has 4 heteroatoms. The number of hydrogen-bond donors (Lipinski definition) is 1. The molecule has 0 spiro atoms. The lowest BCUT2D eigenvalue weighted by Gasteiger charge is -2.29. The van der Waals surface area contributed by atoms with Crippen LogP contribution in [0, 0.1) is 5.92 Å². The van der Waals surface area contributed by atoms with Crippen LogP contribution in [0.1, 0.15) is 38.5 Å². The van der Waals surface area contributed by atoms with Crippen molar-refractivity contribution >= 4 is 5.91 Å². The van der Waals surface area contributed by atoms with E-state index in [0.29, 0.717) is 25.0 Å². The Hall–Kier alpha value is -0.610. The predicted molar refractivity (Wildman–Crippen MR) is 73.2 cm³/mol. The van der Waals surface area contributed by atoms with E-state index in [1.807, 2.05) is 11.9 Å². The van der Waals surface area contributed by atoms with Gasteiger partial charge in [-0.3, -0.25) is 9.69 Å². The number of amides is 1. The fourth-order valence-electron chi connectivity index (χ4n) is 2.96. The Morgan fingerprint density at radius 1 is 1.28 bits per heavy atom. The number of nitrogens with zero attached hydrogens (tertiary/aromatic N) is 2. The molecule has 18 heavy (non-hydrogen) atoms. The van der Waals surface area contributed by atoms with E-state index in [2.05, 4.69) is 4.90 Å². The molecule has 2 rings (SSSR count). The van der Waals surface area contributed by atoms with Gasteiger partial charge in [-0.1, -0.05) is 12.8 Å². The van der Waals surface area contributed by atoms with Gasteiger partial charge in [-0.2, -0.15) is 0 Å². The van der Waals surface area contributed by atoms with Crippen molar-refractivity contribution in [1.29, 1.82) is 0 Å². The van der Waals surface area contributed by atoms with E-state index in [1.54, 1.807) is 0 Å². The topological polar surface area (TPSA) is 49.6 Å². The SMILES string of the molecule is CN(CC(=O)N1CCCCCC1)C(CN)C1CC1. The zero-order valence-electron chi connectivity index (χ0n) is 11.6. The van der Waals surface area contributed by atoms with Crippen LogP contribution in [0.3, 0.4) is 0 Å². The molecule has 1 amide bonds. The molecule has 1 atom stereocenters. The second-order valence-electron chi connectivity index (χ2n) is 5.85. The number of carbonyl (C=O) groups is 1. The summed E-state index contributed by atoms with van der Waals surface area (Å²) < 4.78 is 0. The van der Waals surface area contributed by atoms with Gasteiger partial charge in [0.15, 0.2) is 0 Å². The third kappa shape index (κ3) is 3.69. The molecule has 1 aliphatic carbocycles. The minimum atomic E-state index is 0.290. The van der Waals surface area contributed by atoms with Crippen LogP contribution in [-0.2, 0) is 4.79 Å². The molecular formula is C14H27N3O. The molecule has 2 fully saturated rings. The van der Waals surface area contributed by atoms with Gasteiger partial charge in [-0.05, 0) is 38.6 Å². The van der Waals surface area contributed by atoms with Crippen molar-refractivity contribution in [2.45, 2.75) is 44.6 Å². The largest absolute Gasteiger partial charge is 0.342 e. The highest BCUT2D eigenvalue weighted by Crippen LogP contribution is 2.34. The molecule has 0 aromatic carbocycles. The number of rotatable bonds is 5. The first-order chi connectivity index (χ1) is 8.72. The maximum atomic E-state index is 12.3. The van der Waals surface area contributed by atoms with Crippen LogP contribution in [-0.4, -0.2) is 55.0 Å². The summed E-state index contributed by atoms with van der Waals surface area (Å²) in [6, 6.07) is 0.404. The quantitative estimate of drug-likeness (QED) is 0.797. The summed E-state index contributed by atoms with van der Waals surface area (Å²) in [7, 11) is 2.05. The van der Waals surface area contributed by atoms with Crippen LogP contribution in [0.2, 0.25) is 0 Å². The first kappa shape index (κ1) is 13.8. The molecule has 1 saturated heterocycles. The van der Waals surface area contributed by atoms with Gasteiger partial charge in [0.25, 0.3) is 0 Å². The molecule has 104 valence electrons. The van der Waals surface area contributed by atoms with E-state index in [-0.39, 0.29) is 0 Å². The smallest absolute Gasteiger partial charge is 0.236 e. The number of likely N-dealkylation sites (N-methyl/N-ethyl adjacent to an activating group) is 1. The van der Waals surface area contributed by atoms with Crippen molar-refractivity contribution in [2.24, 2.45) is 11.7 Å². The summed E-state index contributed by atoms with van der Waals surface area (Å²) in [5.74, 6) is 1.02. The minimum absolute atomic E-state index is 0.290. The third-order valence-electron chi connectivity index (χ3n) is 4.32. The normalized spacial score (nSPS) is 22.9. The van der Waals surface area contributed by atoms with Crippen LogP contribution in [0.15, 0.2) is 0 Å². The molecule has 2 aliphatic rings. The van der Waals surface area contributed by atoms with Crippen molar-refractivity contribution < 1.29 is 4.79 Å². The zero-order valence-corrected chi connectivity index (χ0v) is 11.6. The average Bonchev–Trinajstić information content (AvgIpc) is 3.16. The van der Waals surface area contributed by atoms with E-state index in [4.69, 9.17) is 5.73 Å². The molecule has 2 N–H and O–H groups in total. The second kappa shape index (κ2) is 6.53. The summed E-state index contributed by atoms with van der Waals surface area (Å²) in [5.41, 5.74) is 5.83. The maximum Gasteiger partial charge on any atom is 0.236 e. The van der Waals surface area contributed by atoms with Gasteiger partial charge in [-0.25, -0.2) is 0 Å². The summed E-state index contributed by atoms with van der Waals surface area (Å²) >= 11 is 0. The van der Waals surface area contributed by atoms with Gasteiger partial charge in [-0.15, -0.1) is 0 Å². The number of carbonyl (C=O) groups excluding carboxylic acids is 1. The Balaban J connectivity index is 1.81. The second-order valence-corrected chi connectivity index (χ2v) is 5.85.